The maximum atomic E-state index is 13.5. The molecular formula is C36H55N3O7. The molecule has 0 bridgehead atoms. The molecule has 256 valence electrons. The van der Waals surface area contributed by atoms with Crippen LogP contribution in [-0.2, 0) is 35.2 Å². The molecule has 0 aliphatic rings. The Hall–Kier alpha value is -3.69. The Labute approximate surface area is 274 Å². The average Bonchev–Trinajstić information content (AvgIpc) is 2.95. The van der Waals surface area contributed by atoms with Crippen LogP contribution >= 0.6 is 0 Å². The molecule has 3 amide bonds. The van der Waals surface area contributed by atoms with Crippen molar-refractivity contribution in [2.75, 3.05) is 11.9 Å². The fourth-order valence-electron chi connectivity index (χ4n) is 4.96. The summed E-state index contributed by atoms with van der Waals surface area (Å²) in [5.41, 5.74) is 0.949. The molecule has 0 fully saturated rings. The number of benzene rings is 1. The topological polar surface area (TPSA) is 156 Å². The van der Waals surface area contributed by atoms with E-state index in [0.717, 1.165) is 0 Å². The van der Waals surface area contributed by atoms with Crippen molar-refractivity contribution in [3.8, 4) is 0 Å². The molecule has 0 aliphatic carbocycles. The first-order valence-corrected chi connectivity index (χ1v) is 16.5. The molecule has 46 heavy (non-hydrogen) atoms. The fourth-order valence-corrected chi connectivity index (χ4v) is 4.96. The number of Topliss-reactive ketones (excluding diaryl/α,β-unsaturated/α-hetero) is 4. The van der Waals surface area contributed by atoms with Gasteiger partial charge < -0.3 is 16.0 Å². The zero-order chi connectivity index (χ0) is 35.1. The van der Waals surface area contributed by atoms with Gasteiger partial charge in [0.2, 0.25) is 11.8 Å². The summed E-state index contributed by atoms with van der Waals surface area (Å²) >= 11 is 0. The minimum absolute atomic E-state index is 0.00284. The summed E-state index contributed by atoms with van der Waals surface area (Å²) in [6.07, 6.45) is 1.16. The van der Waals surface area contributed by atoms with Crippen LogP contribution in [0.25, 0.3) is 0 Å². The highest BCUT2D eigenvalue weighted by atomic mass is 16.2. The summed E-state index contributed by atoms with van der Waals surface area (Å²) in [4.78, 5) is 88.5. The molecule has 0 saturated carbocycles. The number of ketones is 4. The Kier molecular flexibility index (Phi) is 17.3. The molecule has 10 heteroatoms. The van der Waals surface area contributed by atoms with E-state index in [9.17, 15) is 33.6 Å². The van der Waals surface area contributed by atoms with E-state index in [1.54, 1.807) is 46.8 Å². The molecule has 3 N–H and O–H groups in total. The first kappa shape index (κ1) is 40.3. The van der Waals surface area contributed by atoms with Crippen molar-refractivity contribution < 1.29 is 33.6 Å². The van der Waals surface area contributed by atoms with Crippen LogP contribution in [0.3, 0.4) is 0 Å². The number of carbonyl (C=O) groups excluding carboxylic acids is 7. The van der Waals surface area contributed by atoms with Gasteiger partial charge in [-0.15, -0.1) is 0 Å². The summed E-state index contributed by atoms with van der Waals surface area (Å²) in [6, 6.07) is 3.81. The van der Waals surface area contributed by atoms with Gasteiger partial charge in [-0.1, -0.05) is 62.3 Å². The van der Waals surface area contributed by atoms with Crippen LogP contribution in [0.5, 0.6) is 0 Å². The SMILES string of the molecule is CC(C)CC(=O)NCCCC(=O)Cc1cc(NC(=O)CCC(=O)C(C)C)cc(C(=O)N[C@H](C(=O)C[C@@H](C)C(=O)C(C)C)C(C)C)c1. The Morgan fingerprint density at radius 1 is 0.696 bits per heavy atom. The predicted octanol–water partition coefficient (Wildman–Crippen LogP) is 5.26. The van der Waals surface area contributed by atoms with Gasteiger partial charge in [-0.3, -0.25) is 33.6 Å². The lowest BCUT2D eigenvalue weighted by atomic mass is 9.88. The molecule has 0 unspecified atom stereocenters. The molecule has 0 saturated heterocycles. The minimum atomic E-state index is -0.841. The molecule has 0 heterocycles. The lowest BCUT2D eigenvalue weighted by Crippen LogP contribution is -2.45. The first-order valence-electron chi connectivity index (χ1n) is 16.5. The van der Waals surface area contributed by atoms with Crippen molar-refractivity contribution in [1.29, 1.82) is 0 Å². The Balaban J connectivity index is 3.14. The lowest BCUT2D eigenvalue weighted by Gasteiger charge is -2.23. The summed E-state index contributed by atoms with van der Waals surface area (Å²) in [5, 5.41) is 8.35. The van der Waals surface area contributed by atoms with Crippen LogP contribution in [0.1, 0.15) is 117 Å². The molecule has 2 atom stereocenters. The van der Waals surface area contributed by atoms with Crippen LogP contribution in [0.4, 0.5) is 5.69 Å². The zero-order valence-electron chi connectivity index (χ0n) is 29.2. The van der Waals surface area contributed by atoms with E-state index in [0.29, 0.717) is 30.6 Å². The fraction of sp³-hybridized carbons (Fsp3) is 0.639. The second-order valence-electron chi connectivity index (χ2n) is 13.7. The molecule has 1 aromatic carbocycles. The standard InChI is InChI=1S/C36H55N3O7/c1-21(2)15-33(44)37-14-10-11-29(40)19-26-17-27(20-28(18-26)38-32(43)13-12-30(41)22(3)4)36(46)39-34(23(5)6)31(42)16-25(9)35(45)24(7)8/h17-18,20-25,34H,10-16,19H2,1-9H3,(H,37,44)(H,38,43)(H,39,46)/t25-,34+/m1/s1. The third kappa shape index (κ3) is 15.1. The maximum Gasteiger partial charge on any atom is 0.251 e. The molecule has 1 rings (SSSR count). The Morgan fingerprint density at radius 2 is 1.35 bits per heavy atom. The minimum Gasteiger partial charge on any atom is -0.356 e. The van der Waals surface area contributed by atoms with Gasteiger partial charge >= 0.3 is 0 Å². The first-order chi connectivity index (χ1) is 21.4. The van der Waals surface area contributed by atoms with Gasteiger partial charge in [-0.05, 0) is 42.0 Å². The average molecular weight is 642 g/mol. The van der Waals surface area contributed by atoms with Gasteiger partial charge in [0.1, 0.15) is 17.3 Å². The van der Waals surface area contributed by atoms with E-state index >= 15 is 0 Å². The van der Waals surface area contributed by atoms with Gasteiger partial charge in [0.15, 0.2) is 5.78 Å². The summed E-state index contributed by atoms with van der Waals surface area (Å²) < 4.78 is 0. The van der Waals surface area contributed by atoms with E-state index in [2.05, 4.69) is 16.0 Å². The molecule has 1 aromatic rings. The van der Waals surface area contributed by atoms with Gasteiger partial charge in [0, 0.05) is 74.1 Å². The van der Waals surface area contributed by atoms with E-state index in [1.807, 2.05) is 27.7 Å². The number of carbonyl (C=O) groups is 7. The van der Waals surface area contributed by atoms with Crippen molar-refractivity contribution in [3.63, 3.8) is 0 Å². The largest absolute Gasteiger partial charge is 0.356 e. The second kappa shape index (κ2) is 19.7. The van der Waals surface area contributed by atoms with Gasteiger partial charge in [-0.25, -0.2) is 0 Å². The highest BCUT2D eigenvalue weighted by Gasteiger charge is 2.29. The van der Waals surface area contributed by atoms with E-state index in [1.165, 1.54) is 6.07 Å². The second-order valence-corrected chi connectivity index (χ2v) is 13.7. The predicted molar refractivity (Wildman–Crippen MR) is 179 cm³/mol. The van der Waals surface area contributed by atoms with Crippen molar-refractivity contribution in [1.82, 2.24) is 10.6 Å². The molecule has 0 radical (unpaired) electrons. The third-order valence-electron chi connectivity index (χ3n) is 7.59. The molecule has 0 spiro atoms. The van der Waals surface area contributed by atoms with Gasteiger partial charge in [0.05, 0.1) is 6.04 Å². The molecule has 0 aromatic heterocycles. The summed E-state index contributed by atoms with van der Waals surface area (Å²) in [7, 11) is 0. The van der Waals surface area contributed by atoms with Crippen LogP contribution in [-0.4, -0.2) is 53.4 Å². The van der Waals surface area contributed by atoms with E-state index in [-0.39, 0.29) is 90.4 Å². The Morgan fingerprint density at radius 3 is 1.91 bits per heavy atom. The maximum absolute atomic E-state index is 13.5. The van der Waals surface area contributed by atoms with Crippen molar-refractivity contribution in [3.05, 3.63) is 29.3 Å². The summed E-state index contributed by atoms with van der Waals surface area (Å²) in [5.74, 6) is -2.31. The van der Waals surface area contributed by atoms with Gasteiger partial charge in [-0.2, -0.15) is 0 Å². The number of nitrogens with one attached hydrogen (secondary N) is 3. The number of rotatable bonds is 21. The monoisotopic (exact) mass is 641 g/mol. The lowest BCUT2D eigenvalue weighted by molar-refractivity contribution is -0.130. The van der Waals surface area contributed by atoms with Gasteiger partial charge in [0.25, 0.3) is 5.91 Å². The van der Waals surface area contributed by atoms with Crippen LogP contribution in [0, 0.1) is 29.6 Å². The van der Waals surface area contributed by atoms with E-state index in [4.69, 9.17) is 0 Å². The normalized spacial score (nSPS) is 12.6. The highest BCUT2D eigenvalue weighted by Crippen LogP contribution is 2.20. The molecule has 10 nitrogen and oxygen atoms in total. The van der Waals surface area contributed by atoms with Crippen molar-refractivity contribution in [2.24, 2.45) is 29.6 Å². The third-order valence-corrected chi connectivity index (χ3v) is 7.59. The zero-order valence-corrected chi connectivity index (χ0v) is 29.2. The molecular weight excluding hydrogens is 586 g/mol. The van der Waals surface area contributed by atoms with Crippen LogP contribution < -0.4 is 16.0 Å². The van der Waals surface area contributed by atoms with Crippen LogP contribution in [0.2, 0.25) is 0 Å². The van der Waals surface area contributed by atoms with Crippen molar-refractivity contribution in [2.45, 2.75) is 113 Å². The quantitative estimate of drug-likeness (QED) is 0.155. The number of hydrogen-bond donors (Lipinski definition) is 3. The van der Waals surface area contributed by atoms with Crippen molar-refractivity contribution >= 4 is 46.5 Å². The summed E-state index contributed by atoms with van der Waals surface area (Å²) in [6.45, 7) is 16.7. The number of amides is 3. The van der Waals surface area contributed by atoms with E-state index < -0.39 is 23.8 Å². The highest BCUT2D eigenvalue weighted by molar-refractivity contribution is 6.01. The van der Waals surface area contributed by atoms with Crippen LogP contribution in [0.15, 0.2) is 18.2 Å². The Bertz CT molecular complexity index is 1250. The number of anilines is 1. The number of hydrogen-bond acceptors (Lipinski definition) is 7. The smallest absolute Gasteiger partial charge is 0.251 e. The molecule has 0 aliphatic heterocycles.